The second kappa shape index (κ2) is 7.54. The van der Waals surface area contributed by atoms with Crippen LogP contribution < -0.4 is 5.32 Å². The Labute approximate surface area is 137 Å². The summed E-state index contributed by atoms with van der Waals surface area (Å²) >= 11 is 3.33. The predicted octanol–water partition coefficient (Wildman–Crippen LogP) is 2.14. The van der Waals surface area contributed by atoms with Crippen LogP contribution in [0.3, 0.4) is 0 Å². The Morgan fingerprint density at radius 1 is 1.00 bits per heavy atom. The minimum atomic E-state index is -1.10. The molecule has 0 heterocycles. The number of rotatable bonds is 6. The second-order valence-corrected chi connectivity index (χ2v) is 6.05. The Morgan fingerprint density at radius 2 is 1.59 bits per heavy atom. The van der Waals surface area contributed by atoms with Crippen LogP contribution in [-0.4, -0.2) is 34.9 Å². The smallest absolute Gasteiger partial charge is 0.253 e. The Hall–Kier alpha value is -1.69. The fourth-order valence-corrected chi connectivity index (χ4v) is 2.69. The van der Waals surface area contributed by atoms with Gasteiger partial charge in [-0.25, -0.2) is 0 Å². The highest BCUT2D eigenvalue weighted by molar-refractivity contribution is 9.10. The molecule has 0 spiro atoms. The fourth-order valence-electron chi connectivity index (χ4n) is 2.23. The van der Waals surface area contributed by atoms with Gasteiger partial charge in [0.15, 0.2) is 0 Å². The van der Waals surface area contributed by atoms with Crippen molar-refractivity contribution in [3.63, 3.8) is 0 Å². The zero-order valence-corrected chi connectivity index (χ0v) is 13.6. The van der Waals surface area contributed by atoms with E-state index in [9.17, 15) is 15.0 Å². The molecule has 0 aliphatic carbocycles. The summed E-state index contributed by atoms with van der Waals surface area (Å²) in [6.45, 7) is -0.705. The average Bonchev–Trinajstić information content (AvgIpc) is 2.55. The summed E-state index contributed by atoms with van der Waals surface area (Å²) in [5, 5.41) is 22.2. The quantitative estimate of drug-likeness (QED) is 0.736. The molecule has 0 fully saturated rings. The van der Waals surface area contributed by atoms with Gasteiger partial charge in [-0.1, -0.05) is 42.5 Å². The number of hydrogen-bond donors (Lipinski definition) is 3. The first-order valence-electron chi connectivity index (χ1n) is 6.93. The van der Waals surface area contributed by atoms with Crippen molar-refractivity contribution in [2.24, 2.45) is 0 Å². The van der Waals surface area contributed by atoms with E-state index in [0.29, 0.717) is 16.5 Å². The van der Waals surface area contributed by atoms with E-state index in [1.54, 1.807) is 18.2 Å². The molecule has 0 radical (unpaired) electrons. The molecule has 22 heavy (non-hydrogen) atoms. The topological polar surface area (TPSA) is 69.6 Å². The van der Waals surface area contributed by atoms with Crippen molar-refractivity contribution in [1.82, 2.24) is 5.32 Å². The van der Waals surface area contributed by atoms with E-state index in [2.05, 4.69) is 21.2 Å². The molecule has 2 rings (SSSR count). The number of carbonyl (C=O) groups excluding carboxylic acids is 1. The number of halogens is 1. The lowest BCUT2D eigenvalue weighted by molar-refractivity contribution is 0.0666. The summed E-state index contributed by atoms with van der Waals surface area (Å²) < 4.78 is 0.664. The molecule has 0 bridgehead atoms. The van der Waals surface area contributed by atoms with E-state index in [1.165, 1.54) is 0 Å². The van der Waals surface area contributed by atoms with Gasteiger partial charge in [0.2, 0.25) is 0 Å². The second-order valence-electron chi connectivity index (χ2n) is 5.19. The molecule has 0 aliphatic heterocycles. The monoisotopic (exact) mass is 363 g/mol. The SMILES string of the molecule is O=C(NC(CO)(CO)Cc1ccccc1)c1ccccc1Br. The molecule has 4 nitrogen and oxygen atoms in total. The van der Waals surface area contributed by atoms with Crippen LogP contribution in [0.25, 0.3) is 0 Å². The van der Waals surface area contributed by atoms with E-state index in [0.717, 1.165) is 5.56 Å². The van der Waals surface area contributed by atoms with Crippen LogP contribution >= 0.6 is 15.9 Å². The van der Waals surface area contributed by atoms with Gasteiger partial charge in [-0.2, -0.15) is 0 Å². The van der Waals surface area contributed by atoms with Gasteiger partial charge in [-0.3, -0.25) is 4.79 Å². The van der Waals surface area contributed by atoms with E-state index in [4.69, 9.17) is 0 Å². The number of carbonyl (C=O) groups is 1. The molecule has 0 saturated heterocycles. The molecule has 0 saturated carbocycles. The Kier molecular flexibility index (Phi) is 5.71. The number of benzene rings is 2. The molecule has 0 aromatic heterocycles. The lowest BCUT2D eigenvalue weighted by atomic mass is 9.92. The van der Waals surface area contributed by atoms with Gasteiger partial charge in [-0.05, 0) is 33.6 Å². The highest BCUT2D eigenvalue weighted by atomic mass is 79.9. The van der Waals surface area contributed by atoms with E-state index < -0.39 is 5.54 Å². The fraction of sp³-hybridized carbons (Fsp3) is 0.235. The van der Waals surface area contributed by atoms with Crippen LogP contribution in [0.2, 0.25) is 0 Å². The summed E-state index contributed by atoms with van der Waals surface area (Å²) in [6.07, 6.45) is 0.344. The molecule has 0 unspecified atom stereocenters. The Bertz CT molecular complexity index is 627. The van der Waals surface area contributed by atoms with Gasteiger partial charge in [0.1, 0.15) is 0 Å². The maximum Gasteiger partial charge on any atom is 0.253 e. The highest BCUT2D eigenvalue weighted by Crippen LogP contribution is 2.19. The molecule has 3 N–H and O–H groups in total. The number of aliphatic hydroxyl groups excluding tert-OH is 2. The minimum Gasteiger partial charge on any atom is -0.394 e. The zero-order chi connectivity index (χ0) is 16.0. The van der Waals surface area contributed by atoms with Crippen molar-refractivity contribution >= 4 is 21.8 Å². The molecule has 1 amide bonds. The van der Waals surface area contributed by atoms with E-state index in [1.807, 2.05) is 36.4 Å². The lowest BCUT2D eigenvalue weighted by Crippen LogP contribution is -2.55. The Morgan fingerprint density at radius 3 is 2.18 bits per heavy atom. The van der Waals surface area contributed by atoms with Crippen molar-refractivity contribution in [2.45, 2.75) is 12.0 Å². The van der Waals surface area contributed by atoms with Crippen LogP contribution in [-0.2, 0) is 6.42 Å². The third-order valence-electron chi connectivity index (χ3n) is 3.49. The number of nitrogens with one attached hydrogen (secondary N) is 1. The third-order valence-corrected chi connectivity index (χ3v) is 4.18. The van der Waals surface area contributed by atoms with Crippen molar-refractivity contribution < 1.29 is 15.0 Å². The van der Waals surface area contributed by atoms with Crippen LogP contribution in [0.5, 0.6) is 0 Å². The van der Waals surface area contributed by atoms with Gasteiger partial charge in [0, 0.05) is 10.9 Å². The molecule has 2 aromatic rings. The number of aliphatic hydroxyl groups is 2. The zero-order valence-electron chi connectivity index (χ0n) is 12.0. The number of hydrogen-bond acceptors (Lipinski definition) is 3. The standard InChI is InChI=1S/C17H18BrNO3/c18-15-9-5-4-8-14(15)16(22)19-17(11-20,12-21)10-13-6-2-1-3-7-13/h1-9,20-21H,10-12H2,(H,19,22). The molecule has 0 atom stereocenters. The maximum atomic E-state index is 12.4. The molecule has 5 heteroatoms. The molecule has 0 aliphatic rings. The lowest BCUT2D eigenvalue weighted by Gasteiger charge is -2.31. The molecule has 116 valence electrons. The summed E-state index contributed by atoms with van der Waals surface area (Å²) in [5.74, 6) is -0.341. The summed E-state index contributed by atoms with van der Waals surface area (Å²) in [4.78, 5) is 12.4. The van der Waals surface area contributed by atoms with Gasteiger partial charge in [0.25, 0.3) is 5.91 Å². The molecular weight excluding hydrogens is 346 g/mol. The van der Waals surface area contributed by atoms with E-state index >= 15 is 0 Å². The summed E-state index contributed by atoms with van der Waals surface area (Å²) in [6, 6.07) is 16.5. The normalized spacial score (nSPS) is 11.2. The summed E-state index contributed by atoms with van der Waals surface area (Å²) in [5.41, 5.74) is 0.285. The van der Waals surface area contributed by atoms with Gasteiger partial charge >= 0.3 is 0 Å². The van der Waals surface area contributed by atoms with Crippen LogP contribution in [0.1, 0.15) is 15.9 Å². The first-order valence-corrected chi connectivity index (χ1v) is 7.72. The van der Waals surface area contributed by atoms with E-state index in [-0.39, 0.29) is 19.1 Å². The Balaban J connectivity index is 2.21. The van der Waals surface area contributed by atoms with Crippen LogP contribution in [0.4, 0.5) is 0 Å². The van der Waals surface area contributed by atoms with Gasteiger partial charge in [0.05, 0.1) is 24.3 Å². The van der Waals surface area contributed by atoms with Crippen molar-refractivity contribution in [3.8, 4) is 0 Å². The maximum absolute atomic E-state index is 12.4. The minimum absolute atomic E-state index is 0.341. The van der Waals surface area contributed by atoms with Gasteiger partial charge in [-0.15, -0.1) is 0 Å². The van der Waals surface area contributed by atoms with Crippen molar-refractivity contribution in [1.29, 1.82) is 0 Å². The largest absolute Gasteiger partial charge is 0.394 e. The molecule has 2 aromatic carbocycles. The van der Waals surface area contributed by atoms with Crippen LogP contribution in [0.15, 0.2) is 59.1 Å². The van der Waals surface area contributed by atoms with Gasteiger partial charge < -0.3 is 15.5 Å². The number of amides is 1. The predicted molar refractivity (Wildman–Crippen MR) is 88.7 cm³/mol. The van der Waals surface area contributed by atoms with Crippen molar-refractivity contribution in [2.75, 3.05) is 13.2 Å². The average molecular weight is 364 g/mol. The van der Waals surface area contributed by atoms with Crippen LogP contribution in [0, 0.1) is 0 Å². The van der Waals surface area contributed by atoms with Crippen molar-refractivity contribution in [3.05, 3.63) is 70.2 Å². The summed E-state index contributed by atoms with van der Waals surface area (Å²) in [7, 11) is 0. The molecular formula is C17H18BrNO3. The third kappa shape index (κ3) is 3.94. The highest BCUT2D eigenvalue weighted by Gasteiger charge is 2.31. The first kappa shape index (κ1) is 16.7. The first-order chi connectivity index (χ1) is 10.6.